The van der Waals surface area contributed by atoms with Crippen molar-refractivity contribution in [2.24, 2.45) is 22.7 Å². The van der Waals surface area contributed by atoms with Gasteiger partial charge in [0.25, 0.3) is 0 Å². The van der Waals surface area contributed by atoms with E-state index in [4.69, 9.17) is 24.2 Å². The number of nitrogens with one attached hydrogen (secondary N) is 1. The van der Waals surface area contributed by atoms with Gasteiger partial charge in [-0.2, -0.15) is 4.98 Å². The fourth-order valence-electron chi connectivity index (χ4n) is 8.59. The zero-order valence-corrected chi connectivity index (χ0v) is 39.5. The van der Waals surface area contributed by atoms with Crippen LogP contribution in [-0.2, 0) is 35.6 Å². The van der Waals surface area contributed by atoms with Gasteiger partial charge in [-0.15, -0.1) is 29.3 Å². The molecule has 2 aromatic carbocycles. The number of fused-ring (bicyclic) bond motifs is 3. The lowest BCUT2D eigenvalue weighted by Gasteiger charge is -2.35. The number of ketones is 1. The van der Waals surface area contributed by atoms with Crippen molar-refractivity contribution in [3.05, 3.63) is 76.8 Å². The lowest BCUT2D eigenvalue weighted by molar-refractivity contribution is -0.144. The number of aromatic nitrogens is 3. The molecule has 5 aromatic rings. The summed E-state index contributed by atoms with van der Waals surface area (Å²) in [5, 5.41) is 0.879. The first-order valence-electron chi connectivity index (χ1n) is 21.5. The number of methoxy groups -OCH3 is 1. The quantitative estimate of drug-likeness (QED) is 0.0748. The third kappa shape index (κ3) is 9.03. The summed E-state index contributed by atoms with van der Waals surface area (Å²) in [7, 11) is -2.58. The standard InChI is InChI=1S/C47H53N5O9S3/c1-9-28-22-47(28,45(56)51-64(57,58)31-18-19-31)23-35(53)34-20-30(24-52(34)43(54)33(46(5,6)7)21-37-48-26(4)39(63-37)44(55)59-8)61-42-40-38(32-12-10-11-13-36(32)62-40)49-41(50-42)27-14-16-29(17-15-27)60-25(2)3/h9-17,25,28,30-31,33-34H,1,18-24H2,2-8H3,(H,51,56)/t28-,30-,33-,34+,47-/m1/s1. The fourth-order valence-corrected chi connectivity index (χ4v) is 12.1. The van der Waals surface area contributed by atoms with Crippen LogP contribution >= 0.6 is 22.7 Å². The van der Waals surface area contributed by atoms with E-state index in [2.05, 4.69) is 16.3 Å². The second kappa shape index (κ2) is 17.3. The molecule has 338 valence electrons. The zero-order valence-electron chi connectivity index (χ0n) is 37.0. The van der Waals surface area contributed by atoms with Crippen molar-refractivity contribution in [2.45, 2.75) is 104 Å². The molecule has 17 heteroatoms. The van der Waals surface area contributed by atoms with Crippen LogP contribution < -0.4 is 14.2 Å². The number of ether oxygens (including phenoxy) is 3. The van der Waals surface area contributed by atoms with E-state index in [-0.39, 0.29) is 50.0 Å². The van der Waals surface area contributed by atoms with E-state index < -0.39 is 62.0 Å². The van der Waals surface area contributed by atoms with E-state index in [0.717, 1.165) is 15.6 Å². The van der Waals surface area contributed by atoms with Gasteiger partial charge in [-0.05, 0) is 81.7 Å². The molecule has 2 aliphatic carbocycles. The summed E-state index contributed by atoms with van der Waals surface area (Å²) < 4.78 is 47.5. The minimum absolute atomic E-state index is 0.00213. The van der Waals surface area contributed by atoms with Gasteiger partial charge < -0.3 is 19.1 Å². The number of likely N-dealkylation sites (tertiary alicyclic amines) is 1. The van der Waals surface area contributed by atoms with Crippen molar-refractivity contribution < 1.29 is 41.8 Å². The molecule has 0 unspecified atom stereocenters. The summed E-state index contributed by atoms with van der Waals surface area (Å²) in [6.07, 6.45) is 2.06. The monoisotopic (exact) mass is 927 g/mol. The average Bonchev–Trinajstić information content (AvgIpc) is 4.11. The van der Waals surface area contributed by atoms with Gasteiger partial charge in [-0.25, -0.2) is 23.2 Å². The molecule has 64 heavy (non-hydrogen) atoms. The summed E-state index contributed by atoms with van der Waals surface area (Å²) >= 11 is 2.66. The Morgan fingerprint density at radius 1 is 1.03 bits per heavy atom. The van der Waals surface area contributed by atoms with Crippen molar-refractivity contribution in [2.75, 3.05) is 13.7 Å². The van der Waals surface area contributed by atoms with Crippen molar-refractivity contribution in [3.8, 4) is 23.0 Å². The Bertz CT molecular complexity index is 2770. The number of carbonyl (C=O) groups excluding carboxylic acids is 4. The van der Waals surface area contributed by atoms with Gasteiger partial charge >= 0.3 is 5.97 Å². The molecule has 3 aromatic heterocycles. The molecule has 2 amide bonds. The maximum Gasteiger partial charge on any atom is 0.349 e. The van der Waals surface area contributed by atoms with Crippen LogP contribution in [0.3, 0.4) is 0 Å². The van der Waals surface area contributed by atoms with Crippen LogP contribution in [-0.4, -0.2) is 89.0 Å². The molecule has 5 atom stereocenters. The molecule has 3 fully saturated rings. The first-order chi connectivity index (χ1) is 30.3. The number of sulfonamides is 1. The Kier molecular flexibility index (Phi) is 12.2. The normalized spacial score (nSPS) is 21.5. The fraction of sp³-hybridized carbons (Fsp3) is 0.468. The maximum atomic E-state index is 15.2. The van der Waals surface area contributed by atoms with E-state index >= 15 is 4.79 Å². The Labute approximate surface area is 380 Å². The number of esters is 1. The number of thiazole rings is 1. The number of amides is 2. The van der Waals surface area contributed by atoms with Gasteiger partial charge in [-0.1, -0.05) is 45.0 Å². The smallest absolute Gasteiger partial charge is 0.349 e. The highest BCUT2D eigenvalue weighted by Crippen LogP contribution is 2.57. The number of aryl methyl sites for hydroxylation is 1. The molecular formula is C47H53N5O9S3. The van der Waals surface area contributed by atoms with E-state index in [0.29, 0.717) is 56.1 Å². The molecule has 3 aliphatic rings. The van der Waals surface area contributed by atoms with Crippen molar-refractivity contribution >= 4 is 76.6 Å². The number of hydrogen-bond acceptors (Lipinski definition) is 14. The average molecular weight is 928 g/mol. The van der Waals surface area contributed by atoms with Gasteiger partial charge in [-0.3, -0.25) is 19.1 Å². The Balaban J connectivity index is 1.15. The van der Waals surface area contributed by atoms with Crippen molar-refractivity contribution in [3.63, 3.8) is 0 Å². The van der Waals surface area contributed by atoms with Gasteiger partial charge in [0.15, 0.2) is 11.6 Å². The molecule has 1 N–H and O–H groups in total. The molecule has 0 bridgehead atoms. The lowest BCUT2D eigenvalue weighted by Crippen LogP contribution is -2.48. The van der Waals surface area contributed by atoms with Crippen LogP contribution in [0.1, 0.15) is 87.1 Å². The number of nitrogens with zero attached hydrogens (tertiary/aromatic N) is 4. The minimum atomic E-state index is -3.89. The largest absolute Gasteiger partial charge is 0.491 e. The topological polar surface area (TPSA) is 184 Å². The summed E-state index contributed by atoms with van der Waals surface area (Å²) in [6, 6.07) is 14.4. The van der Waals surface area contributed by atoms with Gasteiger partial charge in [0, 0.05) is 40.8 Å². The molecule has 0 radical (unpaired) electrons. The highest BCUT2D eigenvalue weighted by molar-refractivity contribution is 7.90. The minimum Gasteiger partial charge on any atom is -0.491 e. The zero-order chi connectivity index (χ0) is 45.9. The van der Waals surface area contributed by atoms with Gasteiger partial charge in [0.1, 0.15) is 21.4 Å². The second-order valence-electron chi connectivity index (χ2n) is 18.5. The van der Waals surface area contributed by atoms with Crippen molar-refractivity contribution in [1.82, 2.24) is 24.6 Å². The Morgan fingerprint density at radius 2 is 1.75 bits per heavy atom. The summed E-state index contributed by atoms with van der Waals surface area (Å²) in [6.45, 7) is 15.4. The number of thiophene rings is 1. The summed E-state index contributed by atoms with van der Waals surface area (Å²) in [4.78, 5) is 72.9. The number of carbonyl (C=O) groups is 4. The lowest BCUT2D eigenvalue weighted by atomic mass is 9.77. The number of hydrogen-bond donors (Lipinski definition) is 1. The van der Waals surface area contributed by atoms with Crippen LogP contribution in [0.15, 0.2) is 61.2 Å². The first kappa shape index (κ1) is 45.3. The van der Waals surface area contributed by atoms with E-state index in [1.807, 2.05) is 83.1 Å². The number of allylic oxidation sites excluding steroid dienone is 1. The van der Waals surface area contributed by atoms with Crippen LogP contribution in [0, 0.1) is 29.6 Å². The molecule has 0 spiro atoms. The van der Waals surface area contributed by atoms with Gasteiger partial charge in [0.05, 0.1) is 52.7 Å². The van der Waals surface area contributed by atoms with E-state index in [1.165, 1.54) is 29.8 Å². The first-order valence-corrected chi connectivity index (χ1v) is 24.7. The SMILES string of the molecule is C=C[C@@H]1C[C@]1(CC(=O)[C@@H]1C[C@@H](Oc2nc(-c3ccc(OC(C)C)cc3)nc3c2sc2ccccc23)CN1C(=O)[C@@H](Cc1nc(C)c(C(=O)OC)s1)C(C)(C)C)C(=O)NS(=O)(=O)C1CC1. The van der Waals surface area contributed by atoms with Crippen LogP contribution in [0.25, 0.3) is 31.7 Å². The second-order valence-corrected chi connectivity index (χ2v) is 22.6. The molecule has 2 saturated carbocycles. The van der Waals surface area contributed by atoms with Crippen LogP contribution in [0.2, 0.25) is 0 Å². The van der Waals surface area contributed by atoms with Crippen molar-refractivity contribution in [1.29, 1.82) is 0 Å². The highest BCUT2D eigenvalue weighted by Gasteiger charge is 2.61. The number of rotatable bonds is 16. The van der Waals surface area contributed by atoms with Crippen LogP contribution in [0.5, 0.6) is 11.6 Å². The third-order valence-electron chi connectivity index (χ3n) is 12.4. The third-order valence-corrected chi connectivity index (χ3v) is 16.5. The van der Waals surface area contributed by atoms with E-state index in [1.54, 1.807) is 17.9 Å². The molecule has 4 heterocycles. The Morgan fingerprint density at radius 3 is 2.39 bits per heavy atom. The molecular weight excluding hydrogens is 875 g/mol. The molecule has 1 saturated heterocycles. The predicted octanol–water partition coefficient (Wildman–Crippen LogP) is 7.86. The summed E-state index contributed by atoms with van der Waals surface area (Å²) in [5.41, 5.74) is 0.000205. The summed E-state index contributed by atoms with van der Waals surface area (Å²) in [5.74, 6) is -1.59. The highest BCUT2D eigenvalue weighted by atomic mass is 32.2. The maximum absolute atomic E-state index is 15.2. The van der Waals surface area contributed by atoms with Crippen LogP contribution in [0.4, 0.5) is 0 Å². The Hall–Kier alpha value is -5.26. The van der Waals surface area contributed by atoms with E-state index in [9.17, 15) is 22.8 Å². The number of benzene rings is 2. The molecule has 8 rings (SSSR count). The predicted molar refractivity (Wildman–Crippen MR) is 246 cm³/mol. The molecule has 1 aliphatic heterocycles. The number of Topliss-reactive ketones (excluding diaryl/α,β-unsaturated/α-hetero) is 1. The van der Waals surface area contributed by atoms with Gasteiger partial charge in [0.2, 0.25) is 27.7 Å². The molecule has 14 nitrogen and oxygen atoms in total.